The summed E-state index contributed by atoms with van der Waals surface area (Å²) < 4.78 is 18.2. The normalized spacial score (nSPS) is 13.2. The summed E-state index contributed by atoms with van der Waals surface area (Å²) in [5.41, 5.74) is 1.29. The summed E-state index contributed by atoms with van der Waals surface area (Å²) >= 11 is 0. The maximum absolute atomic E-state index is 13.0. The van der Waals surface area contributed by atoms with Gasteiger partial charge in [0, 0.05) is 23.4 Å². The average molecular weight is 328 g/mol. The van der Waals surface area contributed by atoms with Crippen LogP contribution in [0.3, 0.4) is 0 Å². The highest BCUT2D eigenvalue weighted by Gasteiger charge is 2.29. The van der Waals surface area contributed by atoms with Crippen molar-refractivity contribution in [3.63, 3.8) is 0 Å². The first-order valence-electron chi connectivity index (χ1n) is 7.69. The lowest BCUT2D eigenvalue weighted by molar-refractivity contribution is -0.118. The third kappa shape index (κ3) is 4.55. The molecule has 3 rings (SSSR count). The molecule has 1 saturated carbocycles. The van der Waals surface area contributed by atoms with Crippen LogP contribution in [0.5, 0.6) is 5.75 Å². The number of benzene rings is 2. The fourth-order valence-electron chi connectivity index (χ4n) is 2.13. The number of hydrogen-bond acceptors (Lipinski definition) is 3. The molecule has 0 bridgehead atoms. The molecule has 0 aromatic heterocycles. The van der Waals surface area contributed by atoms with E-state index in [2.05, 4.69) is 10.6 Å². The fourth-order valence-corrected chi connectivity index (χ4v) is 2.13. The number of amides is 2. The number of carbonyl (C=O) groups is 2. The first kappa shape index (κ1) is 16.0. The van der Waals surface area contributed by atoms with Crippen LogP contribution in [-0.2, 0) is 9.59 Å². The van der Waals surface area contributed by atoms with Gasteiger partial charge in [-0.25, -0.2) is 4.39 Å². The second-order valence-corrected chi connectivity index (χ2v) is 5.64. The highest BCUT2D eigenvalue weighted by atomic mass is 19.1. The van der Waals surface area contributed by atoms with Gasteiger partial charge in [0.25, 0.3) is 5.91 Å². The highest BCUT2D eigenvalue weighted by molar-refractivity contribution is 5.95. The quantitative estimate of drug-likeness (QED) is 0.856. The largest absolute Gasteiger partial charge is 0.484 e. The van der Waals surface area contributed by atoms with Gasteiger partial charge in [-0.2, -0.15) is 0 Å². The van der Waals surface area contributed by atoms with E-state index in [0.717, 1.165) is 12.8 Å². The van der Waals surface area contributed by atoms with E-state index in [0.29, 0.717) is 17.1 Å². The summed E-state index contributed by atoms with van der Waals surface area (Å²) in [6, 6.07) is 12.4. The van der Waals surface area contributed by atoms with Gasteiger partial charge in [0.1, 0.15) is 11.6 Å². The predicted molar refractivity (Wildman–Crippen MR) is 88.3 cm³/mol. The molecule has 0 atom stereocenters. The van der Waals surface area contributed by atoms with Gasteiger partial charge < -0.3 is 15.4 Å². The van der Waals surface area contributed by atoms with E-state index < -0.39 is 5.82 Å². The first-order valence-corrected chi connectivity index (χ1v) is 7.69. The molecular formula is C18H17FN2O3. The molecule has 1 aliphatic rings. The summed E-state index contributed by atoms with van der Waals surface area (Å²) in [4.78, 5) is 23.5. The molecule has 0 saturated heterocycles. The molecular weight excluding hydrogens is 311 g/mol. The van der Waals surface area contributed by atoms with E-state index in [9.17, 15) is 14.0 Å². The molecule has 6 heteroatoms. The van der Waals surface area contributed by atoms with Crippen molar-refractivity contribution in [2.45, 2.75) is 12.8 Å². The predicted octanol–water partition coefficient (Wildman–Crippen LogP) is 3.19. The summed E-state index contributed by atoms with van der Waals surface area (Å²) in [5, 5.41) is 5.50. The van der Waals surface area contributed by atoms with Gasteiger partial charge in [-0.15, -0.1) is 0 Å². The number of halogens is 1. The number of carbonyl (C=O) groups excluding carboxylic acids is 2. The van der Waals surface area contributed by atoms with Gasteiger partial charge in [0.2, 0.25) is 5.91 Å². The van der Waals surface area contributed by atoms with Crippen LogP contribution in [0.15, 0.2) is 48.5 Å². The van der Waals surface area contributed by atoms with Gasteiger partial charge in [-0.1, -0.05) is 6.07 Å². The monoisotopic (exact) mass is 328 g/mol. The number of ether oxygens (including phenoxy) is 1. The minimum absolute atomic E-state index is 0.0373. The maximum atomic E-state index is 13.0. The topological polar surface area (TPSA) is 67.4 Å². The van der Waals surface area contributed by atoms with Crippen LogP contribution in [-0.4, -0.2) is 18.4 Å². The second kappa shape index (κ2) is 7.12. The highest BCUT2D eigenvalue weighted by Crippen LogP contribution is 2.30. The minimum atomic E-state index is -0.420. The zero-order valence-corrected chi connectivity index (χ0v) is 12.9. The van der Waals surface area contributed by atoms with Gasteiger partial charge >= 0.3 is 0 Å². The van der Waals surface area contributed by atoms with Gasteiger partial charge in [0.15, 0.2) is 6.61 Å². The van der Waals surface area contributed by atoms with Crippen molar-refractivity contribution >= 4 is 23.2 Å². The molecule has 1 aliphatic carbocycles. The van der Waals surface area contributed by atoms with Crippen LogP contribution < -0.4 is 15.4 Å². The average Bonchev–Trinajstić information content (AvgIpc) is 3.40. The van der Waals surface area contributed by atoms with Crippen LogP contribution in [0, 0.1) is 11.7 Å². The lowest BCUT2D eigenvalue weighted by Gasteiger charge is -2.09. The van der Waals surface area contributed by atoms with Crippen LogP contribution in [0.25, 0.3) is 0 Å². The molecule has 2 aromatic rings. The molecule has 2 amide bonds. The Morgan fingerprint density at radius 1 is 1.04 bits per heavy atom. The Morgan fingerprint density at radius 3 is 2.33 bits per heavy atom. The second-order valence-electron chi connectivity index (χ2n) is 5.64. The number of anilines is 2. The van der Waals surface area contributed by atoms with E-state index in [1.165, 1.54) is 18.2 Å². The molecule has 2 N–H and O–H groups in total. The Kier molecular flexibility index (Phi) is 4.74. The minimum Gasteiger partial charge on any atom is -0.484 e. The number of rotatable bonds is 6. The van der Waals surface area contributed by atoms with E-state index in [1.807, 2.05) is 0 Å². The molecule has 0 unspecified atom stereocenters. The van der Waals surface area contributed by atoms with Gasteiger partial charge in [-0.3, -0.25) is 9.59 Å². The van der Waals surface area contributed by atoms with Crippen LogP contribution >= 0.6 is 0 Å². The van der Waals surface area contributed by atoms with Gasteiger partial charge in [-0.05, 0) is 49.2 Å². The molecule has 0 aliphatic heterocycles. The Hall–Kier alpha value is -2.89. The molecule has 0 heterocycles. The summed E-state index contributed by atoms with van der Waals surface area (Å²) in [6.45, 7) is -0.219. The van der Waals surface area contributed by atoms with Crippen molar-refractivity contribution in [2.75, 3.05) is 17.2 Å². The maximum Gasteiger partial charge on any atom is 0.262 e. The number of hydrogen-bond donors (Lipinski definition) is 2. The first-order chi connectivity index (χ1) is 11.6. The van der Waals surface area contributed by atoms with E-state index in [-0.39, 0.29) is 24.3 Å². The molecule has 0 radical (unpaired) electrons. The summed E-state index contributed by atoms with van der Waals surface area (Å²) in [5.74, 6) is -0.298. The Labute approximate surface area is 138 Å². The molecule has 124 valence electrons. The van der Waals surface area contributed by atoms with Crippen molar-refractivity contribution in [2.24, 2.45) is 5.92 Å². The fraction of sp³-hybridized carbons (Fsp3) is 0.222. The van der Waals surface area contributed by atoms with Crippen molar-refractivity contribution in [3.05, 3.63) is 54.3 Å². The van der Waals surface area contributed by atoms with Crippen molar-refractivity contribution < 1.29 is 18.7 Å². The molecule has 5 nitrogen and oxygen atoms in total. The lowest BCUT2D eigenvalue weighted by atomic mass is 10.2. The molecule has 0 spiro atoms. The summed E-state index contributed by atoms with van der Waals surface area (Å²) in [7, 11) is 0. The van der Waals surface area contributed by atoms with Crippen LogP contribution in [0.2, 0.25) is 0 Å². The van der Waals surface area contributed by atoms with Crippen LogP contribution in [0.4, 0.5) is 15.8 Å². The number of nitrogens with one attached hydrogen (secondary N) is 2. The molecule has 24 heavy (non-hydrogen) atoms. The summed E-state index contributed by atoms with van der Waals surface area (Å²) in [6.07, 6.45) is 1.90. The van der Waals surface area contributed by atoms with E-state index >= 15 is 0 Å². The van der Waals surface area contributed by atoms with Gasteiger partial charge in [0.05, 0.1) is 0 Å². The Balaban J connectivity index is 1.48. The third-order valence-corrected chi connectivity index (χ3v) is 3.55. The standard InChI is InChI=1S/C18H17FN2O3/c19-13-2-1-3-16(10-13)24-11-17(22)20-14-6-8-15(9-7-14)21-18(23)12-4-5-12/h1-3,6-10,12H,4-5,11H2,(H,20,22)(H,21,23). The van der Waals surface area contributed by atoms with E-state index in [1.54, 1.807) is 30.3 Å². The third-order valence-electron chi connectivity index (χ3n) is 3.55. The SMILES string of the molecule is O=C(COc1cccc(F)c1)Nc1ccc(NC(=O)C2CC2)cc1. The Bertz CT molecular complexity index is 742. The van der Waals surface area contributed by atoms with Crippen molar-refractivity contribution in [1.82, 2.24) is 0 Å². The van der Waals surface area contributed by atoms with E-state index in [4.69, 9.17) is 4.74 Å². The lowest BCUT2D eigenvalue weighted by Crippen LogP contribution is -2.20. The zero-order valence-electron chi connectivity index (χ0n) is 12.9. The smallest absolute Gasteiger partial charge is 0.262 e. The Morgan fingerprint density at radius 2 is 1.71 bits per heavy atom. The van der Waals surface area contributed by atoms with Crippen LogP contribution in [0.1, 0.15) is 12.8 Å². The van der Waals surface area contributed by atoms with Crippen molar-refractivity contribution in [3.8, 4) is 5.75 Å². The molecule has 1 fully saturated rings. The van der Waals surface area contributed by atoms with Crippen molar-refractivity contribution in [1.29, 1.82) is 0 Å². The zero-order chi connectivity index (χ0) is 16.9. The molecule has 2 aromatic carbocycles.